The van der Waals surface area contributed by atoms with E-state index < -0.39 is 11.9 Å². The summed E-state index contributed by atoms with van der Waals surface area (Å²) in [6.07, 6.45) is 0.968. The first-order valence-corrected chi connectivity index (χ1v) is 7.16. The van der Waals surface area contributed by atoms with Crippen molar-refractivity contribution in [2.75, 3.05) is 5.73 Å². The molecule has 3 nitrogen and oxygen atoms in total. The summed E-state index contributed by atoms with van der Waals surface area (Å²) < 4.78 is 19.7. The fourth-order valence-electron chi connectivity index (χ4n) is 1.70. The normalized spacial score (nSPS) is 12.2. The lowest BCUT2D eigenvalue weighted by Gasteiger charge is -2.19. The van der Waals surface area contributed by atoms with Crippen LogP contribution >= 0.6 is 39.1 Å². The van der Waals surface area contributed by atoms with Gasteiger partial charge in [0.05, 0.1) is 14.5 Å². The number of rotatable bonds is 3. The third-order valence-electron chi connectivity index (χ3n) is 2.66. The van der Waals surface area contributed by atoms with E-state index in [1.807, 2.05) is 0 Å². The Balaban J connectivity index is 2.37. The molecule has 2 rings (SSSR count). The van der Waals surface area contributed by atoms with E-state index in [-0.39, 0.29) is 15.3 Å². The number of aromatic nitrogens is 1. The van der Waals surface area contributed by atoms with Gasteiger partial charge < -0.3 is 10.5 Å². The van der Waals surface area contributed by atoms with Gasteiger partial charge in [-0.05, 0) is 41.1 Å². The van der Waals surface area contributed by atoms with Gasteiger partial charge in [0.1, 0.15) is 6.10 Å². The lowest BCUT2D eigenvalue weighted by Crippen LogP contribution is -2.08. The first-order chi connectivity index (χ1) is 9.41. The van der Waals surface area contributed by atoms with Crippen molar-refractivity contribution in [2.24, 2.45) is 0 Å². The van der Waals surface area contributed by atoms with Gasteiger partial charge in [0.15, 0.2) is 17.4 Å². The SMILES string of the molecule is C[C@@H](Oc1cccnc1N)c1c(Cl)cc(Br)c(F)c1Cl. The second-order valence-electron chi connectivity index (χ2n) is 4.03. The number of nitrogens with zero attached hydrogens (tertiary/aromatic N) is 1. The summed E-state index contributed by atoms with van der Waals surface area (Å²) in [7, 11) is 0. The van der Waals surface area contributed by atoms with E-state index in [2.05, 4.69) is 20.9 Å². The Bertz CT molecular complexity index is 655. The third-order valence-corrected chi connectivity index (χ3v) is 3.92. The lowest BCUT2D eigenvalue weighted by molar-refractivity contribution is 0.227. The first kappa shape index (κ1) is 15.4. The minimum Gasteiger partial charge on any atom is -0.482 e. The van der Waals surface area contributed by atoms with Crippen molar-refractivity contribution in [3.05, 3.63) is 50.3 Å². The second kappa shape index (κ2) is 6.16. The van der Waals surface area contributed by atoms with Gasteiger partial charge in [0.25, 0.3) is 0 Å². The lowest BCUT2D eigenvalue weighted by atomic mass is 10.1. The van der Waals surface area contributed by atoms with E-state index in [0.29, 0.717) is 16.3 Å². The van der Waals surface area contributed by atoms with E-state index in [1.165, 1.54) is 6.07 Å². The van der Waals surface area contributed by atoms with Crippen molar-refractivity contribution in [1.82, 2.24) is 4.98 Å². The average Bonchev–Trinajstić information content (AvgIpc) is 2.39. The number of ether oxygens (including phenoxy) is 1. The fourth-order valence-corrected chi connectivity index (χ4v) is 3.14. The highest BCUT2D eigenvalue weighted by molar-refractivity contribution is 9.10. The number of pyridine rings is 1. The molecule has 0 saturated carbocycles. The molecule has 106 valence electrons. The highest BCUT2D eigenvalue weighted by Crippen LogP contribution is 2.38. The van der Waals surface area contributed by atoms with Crippen molar-refractivity contribution in [3.8, 4) is 5.75 Å². The maximum absolute atomic E-state index is 13.8. The number of anilines is 1. The molecule has 2 N–H and O–H groups in total. The highest BCUT2D eigenvalue weighted by Gasteiger charge is 2.21. The predicted octanol–water partition coefficient (Wildman–Crippen LogP) is 5.01. The molecule has 0 spiro atoms. The number of nitrogens with two attached hydrogens (primary N) is 1. The summed E-state index contributed by atoms with van der Waals surface area (Å²) in [5, 5.41) is 0.220. The van der Waals surface area contributed by atoms with Crippen LogP contribution in [0.25, 0.3) is 0 Å². The van der Waals surface area contributed by atoms with E-state index in [1.54, 1.807) is 25.3 Å². The molecule has 0 amide bonds. The van der Waals surface area contributed by atoms with Gasteiger partial charge in [0.2, 0.25) is 0 Å². The van der Waals surface area contributed by atoms with Crippen LogP contribution in [-0.2, 0) is 0 Å². The number of hydrogen-bond acceptors (Lipinski definition) is 3. The molecule has 0 bridgehead atoms. The van der Waals surface area contributed by atoms with Crippen LogP contribution in [0.1, 0.15) is 18.6 Å². The zero-order chi connectivity index (χ0) is 14.9. The Morgan fingerprint density at radius 2 is 2.15 bits per heavy atom. The molecular weight excluding hydrogens is 370 g/mol. The van der Waals surface area contributed by atoms with E-state index in [0.717, 1.165) is 0 Å². The van der Waals surface area contributed by atoms with Crippen LogP contribution in [0, 0.1) is 5.82 Å². The average molecular weight is 380 g/mol. The quantitative estimate of drug-likeness (QED) is 0.602. The van der Waals surface area contributed by atoms with E-state index >= 15 is 0 Å². The van der Waals surface area contributed by atoms with Crippen LogP contribution in [0.4, 0.5) is 10.2 Å². The molecule has 0 unspecified atom stereocenters. The Hall–Kier alpha value is -1.04. The Labute approximate surface area is 134 Å². The Kier molecular flexibility index (Phi) is 4.73. The van der Waals surface area contributed by atoms with Crippen LogP contribution in [0.3, 0.4) is 0 Å². The third kappa shape index (κ3) is 3.00. The molecule has 0 fully saturated rings. The number of halogens is 4. The van der Waals surface area contributed by atoms with Gasteiger partial charge in [-0.2, -0.15) is 0 Å². The van der Waals surface area contributed by atoms with Gasteiger partial charge in [-0.3, -0.25) is 0 Å². The van der Waals surface area contributed by atoms with Gasteiger partial charge >= 0.3 is 0 Å². The molecule has 0 aliphatic heterocycles. The van der Waals surface area contributed by atoms with Gasteiger partial charge in [-0.25, -0.2) is 9.37 Å². The Morgan fingerprint density at radius 1 is 1.45 bits per heavy atom. The zero-order valence-electron chi connectivity index (χ0n) is 10.3. The summed E-state index contributed by atoms with van der Waals surface area (Å²) >= 11 is 15.1. The molecule has 1 aromatic heterocycles. The second-order valence-corrected chi connectivity index (χ2v) is 5.67. The van der Waals surface area contributed by atoms with Gasteiger partial charge in [-0.15, -0.1) is 0 Å². The topological polar surface area (TPSA) is 48.1 Å². The standard InChI is InChI=1S/C13H10BrCl2FN2O/c1-6(20-9-3-2-4-19-13(9)18)10-8(15)5-7(14)12(17)11(10)16/h2-6H,1H3,(H2,18,19)/t6-/m1/s1. The summed E-state index contributed by atoms with van der Waals surface area (Å²) in [5.74, 6) is 0.0420. The fraction of sp³-hybridized carbons (Fsp3) is 0.154. The van der Waals surface area contributed by atoms with Crippen molar-refractivity contribution >= 4 is 44.9 Å². The van der Waals surface area contributed by atoms with E-state index in [9.17, 15) is 4.39 Å². The molecule has 20 heavy (non-hydrogen) atoms. The molecule has 1 atom stereocenters. The Morgan fingerprint density at radius 3 is 2.80 bits per heavy atom. The zero-order valence-corrected chi connectivity index (χ0v) is 13.4. The maximum atomic E-state index is 13.8. The number of hydrogen-bond donors (Lipinski definition) is 1. The molecule has 1 aromatic carbocycles. The molecule has 0 aliphatic carbocycles. The molecule has 0 saturated heterocycles. The van der Waals surface area contributed by atoms with Crippen molar-refractivity contribution in [2.45, 2.75) is 13.0 Å². The van der Waals surface area contributed by atoms with Crippen LogP contribution in [-0.4, -0.2) is 4.98 Å². The molecule has 2 aromatic rings. The monoisotopic (exact) mass is 378 g/mol. The summed E-state index contributed by atoms with van der Waals surface area (Å²) in [4.78, 5) is 3.91. The maximum Gasteiger partial charge on any atom is 0.166 e. The first-order valence-electron chi connectivity index (χ1n) is 5.61. The number of nitrogen functional groups attached to an aromatic ring is 1. The van der Waals surface area contributed by atoms with Gasteiger partial charge in [0, 0.05) is 11.8 Å². The van der Waals surface area contributed by atoms with Gasteiger partial charge in [-0.1, -0.05) is 23.2 Å². The summed E-state index contributed by atoms with van der Waals surface area (Å²) in [5.41, 5.74) is 6.05. The smallest absolute Gasteiger partial charge is 0.166 e. The highest BCUT2D eigenvalue weighted by atomic mass is 79.9. The van der Waals surface area contributed by atoms with E-state index in [4.69, 9.17) is 33.7 Å². The summed E-state index contributed by atoms with van der Waals surface area (Å²) in [6.45, 7) is 1.70. The van der Waals surface area contributed by atoms with Crippen LogP contribution in [0.5, 0.6) is 5.75 Å². The molecular formula is C13H10BrCl2FN2O. The van der Waals surface area contributed by atoms with Crippen molar-refractivity contribution in [1.29, 1.82) is 0 Å². The van der Waals surface area contributed by atoms with Crippen molar-refractivity contribution in [3.63, 3.8) is 0 Å². The van der Waals surface area contributed by atoms with Crippen LogP contribution in [0.2, 0.25) is 10.0 Å². The van der Waals surface area contributed by atoms with Crippen LogP contribution < -0.4 is 10.5 Å². The summed E-state index contributed by atoms with van der Waals surface area (Å²) in [6, 6.07) is 4.78. The number of benzene rings is 1. The molecule has 0 radical (unpaired) electrons. The minimum absolute atomic E-state index is 0.0839. The molecule has 7 heteroatoms. The molecule has 1 heterocycles. The van der Waals surface area contributed by atoms with Crippen molar-refractivity contribution < 1.29 is 9.13 Å². The van der Waals surface area contributed by atoms with Crippen LogP contribution in [0.15, 0.2) is 28.9 Å². The molecule has 0 aliphatic rings. The predicted molar refractivity (Wildman–Crippen MR) is 81.8 cm³/mol. The largest absolute Gasteiger partial charge is 0.482 e. The minimum atomic E-state index is -0.583.